The molecule has 1 aromatic rings. The summed E-state index contributed by atoms with van der Waals surface area (Å²) in [5.74, 6) is 0. The molecular formula is C11H17BrClNS. The molecule has 0 radical (unpaired) electrons. The van der Waals surface area contributed by atoms with Gasteiger partial charge in [-0.2, -0.15) is 0 Å². The smallest absolute Gasteiger partial charge is 0.0887 e. The summed E-state index contributed by atoms with van der Waals surface area (Å²) < 4.78 is 1.04. The van der Waals surface area contributed by atoms with Gasteiger partial charge in [0.25, 0.3) is 0 Å². The molecule has 0 fully saturated rings. The van der Waals surface area contributed by atoms with E-state index in [9.17, 15) is 0 Å². The van der Waals surface area contributed by atoms with E-state index in [1.165, 1.54) is 4.88 Å². The quantitative estimate of drug-likeness (QED) is 0.793. The highest BCUT2D eigenvalue weighted by atomic mass is 79.9. The van der Waals surface area contributed by atoms with Crippen molar-refractivity contribution in [2.45, 2.75) is 32.6 Å². The van der Waals surface area contributed by atoms with Crippen LogP contribution in [0.5, 0.6) is 0 Å². The molecule has 0 unspecified atom stereocenters. The van der Waals surface area contributed by atoms with Crippen molar-refractivity contribution in [3.05, 3.63) is 19.8 Å². The molecule has 1 N–H and O–H groups in total. The maximum Gasteiger partial charge on any atom is 0.0887 e. The molecule has 0 aliphatic rings. The van der Waals surface area contributed by atoms with Gasteiger partial charge < -0.3 is 5.32 Å². The average molecular weight is 311 g/mol. The first-order valence-electron chi connectivity index (χ1n) is 5.13. The van der Waals surface area contributed by atoms with Crippen LogP contribution in [0.1, 0.15) is 32.1 Å². The van der Waals surface area contributed by atoms with Crippen LogP contribution in [0.3, 0.4) is 0 Å². The molecule has 15 heavy (non-hydrogen) atoms. The fourth-order valence-corrected chi connectivity index (χ4v) is 3.21. The molecular weight excluding hydrogens is 294 g/mol. The summed E-state index contributed by atoms with van der Waals surface area (Å²) in [4.78, 5) is 1.34. The summed E-state index contributed by atoms with van der Waals surface area (Å²) in [6.07, 6.45) is 1.13. The minimum Gasteiger partial charge on any atom is -0.317 e. The maximum absolute atomic E-state index is 6.04. The summed E-state index contributed by atoms with van der Waals surface area (Å²) in [5.41, 5.74) is 0.197. The standard InChI is InChI=1S/C11H17BrClNS/c1-4-14-6-5-11(2,3)9-7-8(13)10(12)15-9/h7,14H,4-6H2,1-3H3. The number of halogens is 2. The third-order valence-electron chi connectivity index (χ3n) is 2.49. The van der Waals surface area contributed by atoms with Gasteiger partial charge in [-0.05, 0) is 41.5 Å². The van der Waals surface area contributed by atoms with Gasteiger partial charge in [-0.3, -0.25) is 0 Å². The van der Waals surface area contributed by atoms with Gasteiger partial charge in [-0.25, -0.2) is 0 Å². The Bertz CT molecular complexity index is 303. The molecule has 0 amide bonds. The molecule has 86 valence electrons. The second-order valence-electron chi connectivity index (χ2n) is 4.22. The summed E-state index contributed by atoms with van der Waals surface area (Å²) >= 11 is 11.2. The van der Waals surface area contributed by atoms with E-state index >= 15 is 0 Å². The molecule has 4 heteroatoms. The molecule has 1 nitrogen and oxygen atoms in total. The Labute approximate surface area is 109 Å². The summed E-state index contributed by atoms with van der Waals surface area (Å²) in [5, 5.41) is 4.18. The second kappa shape index (κ2) is 5.67. The Morgan fingerprint density at radius 2 is 2.20 bits per heavy atom. The summed E-state index contributed by atoms with van der Waals surface area (Å²) in [6.45, 7) is 8.74. The zero-order valence-electron chi connectivity index (χ0n) is 9.36. The van der Waals surface area contributed by atoms with Crippen LogP contribution >= 0.6 is 38.9 Å². The van der Waals surface area contributed by atoms with Gasteiger partial charge in [0.2, 0.25) is 0 Å². The predicted octanol–water partition coefficient (Wildman–Crippen LogP) is 4.44. The molecule has 1 heterocycles. The Hall–Kier alpha value is 0.430. The first-order chi connectivity index (χ1) is 6.97. The largest absolute Gasteiger partial charge is 0.317 e. The Balaban J connectivity index is 2.67. The van der Waals surface area contributed by atoms with Crippen molar-refractivity contribution < 1.29 is 0 Å². The van der Waals surface area contributed by atoms with E-state index in [0.717, 1.165) is 28.3 Å². The van der Waals surface area contributed by atoms with Crippen molar-refractivity contribution in [2.24, 2.45) is 0 Å². The lowest BCUT2D eigenvalue weighted by Crippen LogP contribution is -2.24. The van der Waals surface area contributed by atoms with E-state index in [1.54, 1.807) is 11.3 Å². The van der Waals surface area contributed by atoms with Gasteiger partial charge >= 0.3 is 0 Å². The van der Waals surface area contributed by atoms with Crippen molar-refractivity contribution in [1.29, 1.82) is 0 Å². The molecule has 0 aliphatic heterocycles. The monoisotopic (exact) mass is 309 g/mol. The van der Waals surface area contributed by atoms with Gasteiger partial charge in [-0.15, -0.1) is 11.3 Å². The van der Waals surface area contributed by atoms with E-state index in [4.69, 9.17) is 11.6 Å². The van der Waals surface area contributed by atoms with Crippen LogP contribution in [0.4, 0.5) is 0 Å². The Morgan fingerprint density at radius 3 is 2.67 bits per heavy atom. The third-order valence-corrected chi connectivity index (χ3v) is 5.33. The molecule has 0 aliphatic carbocycles. The van der Waals surface area contributed by atoms with Gasteiger partial charge in [0.05, 0.1) is 8.81 Å². The minimum absolute atomic E-state index is 0.197. The van der Waals surface area contributed by atoms with Gasteiger partial charge in [0.15, 0.2) is 0 Å². The number of rotatable bonds is 5. The first-order valence-corrected chi connectivity index (χ1v) is 7.12. The summed E-state index contributed by atoms with van der Waals surface area (Å²) in [6, 6.07) is 2.07. The van der Waals surface area contributed by atoms with Gasteiger partial charge in [-0.1, -0.05) is 32.4 Å². The topological polar surface area (TPSA) is 12.0 Å². The fourth-order valence-electron chi connectivity index (χ4n) is 1.38. The number of hydrogen-bond donors (Lipinski definition) is 1. The summed E-state index contributed by atoms with van der Waals surface area (Å²) in [7, 11) is 0. The lowest BCUT2D eigenvalue weighted by molar-refractivity contribution is 0.469. The van der Waals surface area contributed by atoms with Gasteiger partial charge in [0, 0.05) is 10.3 Å². The van der Waals surface area contributed by atoms with Gasteiger partial charge in [0.1, 0.15) is 0 Å². The lowest BCUT2D eigenvalue weighted by Gasteiger charge is -2.23. The van der Waals surface area contributed by atoms with E-state index in [-0.39, 0.29) is 5.41 Å². The van der Waals surface area contributed by atoms with E-state index < -0.39 is 0 Å². The maximum atomic E-state index is 6.04. The molecule has 0 bridgehead atoms. The SMILES string of the molecule is CCNCCC(C)(C)c1cc(Cl)c(Br)s1. The fraction of sp³-hybridized carbons (Fsp3) is 0.636. The van der Waals surface area contributed by atoms with Crippen LogP contribution in [0.25, 0.3) is 0 Å². The van der Waals surface area contributed by atoms with E-state index in [0.29, 0.717) is 0 Å². The highest BCUT2D eigenvalue weighted by molar-refractivity contribution is 9.11. The van der Waals surface area contributed by atoms with Crippen LogP contribution < -0.4 is 5.32 Å². The zero-order valence-corrected chi connectivity index (χ0v) is 12.5. The molecule has 1 aromatic heterocycles. The molecule has 0 saturated carbocycles. The molecule has 1 rings (SSSR count). The Morgan fingerprint density at radius 1 is 1.53 bits per heavy atom. The second-order valence-corrected chi connectivity index (χ2v) is 7.00. The molecule has 0 aromatic carbocycles. The van der Waals surface area contributed by atoms with Crippen molar-refractivity contribution >= 4 is 38.9 Å². The number of nitrogens with one attached hydrogen (secondary N) is 1. The molecule has 0 saturated heterocycles. The minimum atomic E-state index is 0.197. The van der Waals surface area contributed by atoms with Crippen molar-refractivity contribution in [1.82, 2.24) is 5.32 Å². The van der Waals surface area contributed by atoms with Crippen LogP contribution in [-0.2, 0) is 5.41 Å². The average Bonchev–Trinajstić information content (AvgIpc) is 2.48. The molecule has 0 spiro atoms. The van der Waals surface area contributed by atoms with Crippen molar-refractivity contribution in [2.75, 3.05) is 13.1 Å². The van der Waals surface area contributed by atoms with E-state index in [2.05, 4.69) is 48.1 Å². The molecule has 0 atom stereocenters. The first kappa shape index (κ1) is 13.5. The third kappa shape index (κ3) is 3.74. The van der Waals surface area contributed by atoms with Crippen molar-refractivity contribution in [3.63, 3.8) is 0 Å². The van der Waals surface area contributed by atoms with E-state index in [1.807, 2.05) is 0 Å². The van der Waals surface area contributed by atoms with Crippen LogP contribution in [0, 0.1) is 0 Å². The van der Waals surface area contributed by atoms with Crippen LogP contribution in [0.15, 0.2) is 9.85 Å². The van der Waals surface area contributed by atoms with Crippen LogP contribution in [0.2, 0.25) is 5.02 Å². The Kier molecular flexibility index (Phi) is 5.10. The normalized spacial score (nSPS) is 12.1. The predicted molar refractivity (Wildman–Crippen MR) is 73.2 cm³/mol. The number of hydrogen-bond acceptors (Lipinski definition) is 2. The zero-order chi connectivity index (χ0) is 11.5. The van der Waals surface area contributed by atoms with Crippen LogP contribution in [-0.4, -0.2) is 13.1 Å². The highest BCUT2D eigenvalue weighted by Gasteiger charge is 2.23. The number of thiophene rings is 1. The van der Waals surface area contributed by atoms with Crippen molar-refractivity contribution in [3.8, 4) is 0 Å². The lowest BCUT2D eigenvalue weighted by atomic mass is 9.87. The highest BCUT2D eigenvalue weighted by Crippen LogP contribution is 2.39.